The fourth-order valence-corrected chi connectivity index (χ4v) is 3.68. The van der Waals surface area contributed by atoms with E-state index in [1.165, 1.54) is 0 Å². The van der Waals surface area contributed by atoms with Crippen LogP contribution in [0.2, 0.25) is 0 Å². The van der Waals surface area contributed by atoms with Gasteiger partial charge in [0.2, 0.25) is 0 Å². The van der Waals surface area contributed by atoms with Gasteiger partial charge in [0, 0.05) is 23.5 Å². The molecular formula is C19H20N4O2S. The van der Waals surface area contributed by atoms with E-state index in [1.54, 1.807) is 40.9 Å². The van der Waals surface area contributed by atoms with Crippen LogP contribution in [0, 0.1) is 0 Å². The minimum atomic E-state index is -0.635. The summed E-state index contributed by atoms with van der Waals surface area (Å²) in [4.78, 5) is 30.2. The zero-order valence-electron chi connectivity index (χ0n) is 14.4. The van der Waals surface area contributed by atoms with E-state index in [0.717, 1.165) is 16.5 Å². The molecule has 1 heterocycles. The molecule has 3 rings (SSSR count). The first kappa shape index (κ1) is 18.0. The van der Waals surface area contributed by atoms with Crippen LogP contribution in [-0.2, 0) is 0 Å². The molecule has 2 aromatic rings. The van der Waals surface area contributed by atoms with Gasteiger partial charge in [0.25, 0.3) is 5.91 Å². The molecule has 1 aliphatic rings. The van der Waals surface area contributed by atoms with Crippen LogP contribution in [0.1, 0.15) is 28.9 Å². The second kappa shape index (κ2) is 8.05. The number of amidine groups is 1. The van der Waals surface area contributed by atoms with E-state index < -0.39 is 6.03 Å². The number of aliphatic imine (C=N–C) groups is 1. The van der Waals surface area contributed by atoms with Crippen molar-refractivity contribution in [3.05, 3.63) is 65.7 Å². The maximum absolute atomic E-state index is 12.8. The maximum atomic E-state index is 12.8. The Morgan fingerprint density at radius 3 is 2.50 bits per heavy atom. The Hall–Kier alpha value is -2.80. The highest BCUT2D eigenvalue weighted by Gasteiger charge is 2.27. The predicted molar refractivity (Wildman–Crippen MR) is 105 cm³/mol. The number of nitrogens with zero attached hydrogens (tertiary/aromatic N) is 2. The summed E-state index contributed by atoms with van der Waals surface area (Å²) < 4.78 is 0. The van der Waals surface area contributed by atoms with Crippen molar-refractivity contribution in [2.45, 2.75) is 13.0 Å². The number of thioether (sulfide) groups is 1. The van der Waals surface area contributed by atoms with Crippen LogP contribution in [-0.4, -0.2) is 34.3 Å². The average molecular weight is 368 g/mol. The van der Waals surface area contributed by atoms with Crippen molar-refractivity contribution in [2.24, 2.45) is 10.7 Å². The van der Waals surface area contributed by atoms with Crippen LogP contribution in [0.3, 0.4) is 0 Å². The Morgan fingerprint density at radius 2 is 1.85 bits per heavy atom. The Morgan fingerprint density at radius 1 is 1.15 bits per heavy atom. The fraction of sp³-hybridized carbons (Fsp3) is 0.211. The lowest BCUT2D eigenvalue weighted by atomic mass is 10.1. The number of hydrogen-bond acceptors (Lipinski definition) is 4. The smallest absolute Gasteiger partial charge is 0.316 e. The minimum Gasteiger partial charge on any atom is -0.351 e. The lowest BCUT2D eigenvalue weighted by Gasteiger charge is -2.18. The van der Waals surface area contributed by atoms with Gasteiger partial charge in [-0.3, -0.25) is 14.7 Å². The van der Waals surface area contributed by atoms with Gasteiger partial charge in [0.15, 0.2) is 5.17 Å². The van der Waals surface area contributed by atoms with Crippen LogP contribution < -0.4 is 11.1 Å². The molecule has 0 saturated carbocycles. The van der Waals surface area contributed by atoms with Gasteiger partial charge in [-0.1, -0.05) is 42.1 Å². The third-order valence-corrected chi connectivity index (χ3v) is 4.98. The van der Waals surface area contributed by atoms with Gasteiger partial charge < -0.3 is 11.1 Å². The average Bonchev–Trinajstić information content (AvgIpc) is 3.10. The number of carbonyl (C=O) groups is 2. The molecule has 0 aromatic heterocycles. The van der Waals surface area contributed by atoms with Crippen molar-refractivity contribution >= 4 is 34.6 Å². The van der Waals surface area contributed by atoms with Gasteiger partial charge in [0.05, 0.1) is 6.04 Å². The molecule has 1 saturated heterocycles. The summed E-state index contributed by atoms with van der Waals surface area (Å²) in [7, 11) is 0. The standard InChI is InChI=1S/C19H20N4O2S/c1-13(14-5-3-2-4-6-14)21-19-23(11-12-26-19)17(24)15-7-9-16(10-8-15)22-18(20)25/h2-10,13H,11-12H2,1H3,(H3,20,22,25)/t13-/m0/s1. The molecule has 0 spiro atoms. The second-order valence-corrected chi connectivity index (χ2v) is 6.93. The monoisotopic (exact) mass is 368 g/mol. The largest absolute Gasteiger partial charge is 0.351 e. The molecule has 0 bridgehead atoms. The summed E-state index contributed by atoms with van der Waals surface area (Å²) in [5.41, 5.74) is 7.30. The predicted octanol–water partition coefficient (Wildman–Crippen LogP) is 3.48. The summed E-state index contributed by atoms with van der Waals surface area (Å²) in [6, 6.07) is 16.0. The van der Waals surface area contributed by atoms with Gasteiger partial charge in [-0.2, -0.15) is 0 Å². The van der Waals surface area contributed by atoms with E-state index in [-0.39, 0.29) is 11.9 Å². The van der Waals surface area contributed by atoms with Gasteiger partial charge in [-0.05, 0) is 36.8 Å². The normalized spacial score (nSPS) is 16.5. The molecule has 1 aliphatic heterocycles. The second-order valence-electron chi connectivity index (χ2n) is 5.87. The number of benzene rings is 2. The summed E-state index contributed by atoms with van der Waals surface area (Å²) in [5.74, 6) is 0.729. The van der Waals surface area contributed by atoms with Crippen LogP contribution in [0.25, 0.3) is 0 Å². The van der Waals surface area contributed by atoms with Crippen molar-refractivity contribution < 1.29 is 9.59 Å². The molecule has 1 atom stereocenters. The number of anilines is 1. The van der Waals surface area contributed by atoms with Crippen molar-refractivity contribution in [3.63, 3.8) is 0 Å². The maximum Gasteiger partial charge on any atom is 0.316 e. The number of carbonyl (C=O) groups excluding carboxylic acids is 2. The molecule has 2 aromatic carbocycles. The molecule has 1 fully saturated rings. The molecular weight excluding hydrogens is 348 g/mol. The highest BCUT2D eigenvalue weighted by atomic mass is 32.2. The van der Waals surface area contributed by atoms with E-state index in [1.807, 2.05) is 37.3 Å². The van der Waals surface area contributed by atoms with Gasteiger partial charge >= 0.3 is 6.03 Å². The molecule has 6 nitrogen and oxygen atoms in total. The quantitative estimate of drug-likeness (QED) is 0.866. The molecule has 3 N–H and O–H groups in total. The van der Waals surface area contributed by atoms with Crippen LogP contribution >= 0.6 is 11.8 Å². The Balaban J connectivity index is 1.76. The zero-order valence-corrected chi connectivity index (χ0v) is 15.2. The number of rotatable bonds is 4. The van der Waals surface area contributed by atoms with Gasteiger partial charge in [-0.15, -0.1) is 0 Å². The Bertz CT molecular complexity index is 821. The highest BCUT2D eigenvalue weighted by molar-refractivity contribution is 8.14. The molecule has 0 aliphatic carbocycles. The summed E-state index contributed by atoms with van der Waals surface area (Å²) in [6.07, 6.45) is 0. The SMILES string of the molecule is C[C@H](N=C1SCCN1C(=O)c1ccc(NC(N)=O)cc1)c1ccccc1. The number of hydrogen-bond donors (Lipinski definition) is 2. The lowest BCUT2D eigenvalue weighted by molar-refractivity contribution is 0.0859. The van der Waals surface area contributed by atoms with Gasteiger partial charge in [-0.25, -0.2) is 4.79 Å². The first-order chi connectivity index (χ1) is 12.5. The zero-order chi connectivity index (χ0) is 18.5. The number of urea groups is 1. The minimum absolute atomic E-state index is 0.0192. The summed E-state index contributed by atoms with van der Waals surface area (Å²) >= 11 is 1.59. The van der Waals surface area contributed by atoms with Crippen molar-refractivity contribution in [1.29, 1.82) is 0 Å². The Labute approximate surface area is 156 Å². The molecule has 26 heavy (non-hydrogen) atoms. The first-order valence-electron chi connectivity index (χ1n) is 8.28. The number of amides is 3. The van der Waals surface area contributed by atoms with Crippen molar-refractivity contribution in [1.82, 2.24) is 4.90 Å². The van der Waals surface area contributed by atoms with E-state index >= 15 is 0 Å². The summed E-state index contributed by atoms with van der Waals surface area (Å²) in [6.45, 7) is 2.65. The lowest BCUT2D eigenvalue weighted by Crippen LogP contribution is -2.32. The molecule has 3 amide bonds. The fourth-order valence-electron chi connectivity index (χ4n) is 2.66. The third-order valence-electron chi connectivity index (χ3n) is 4.01. The number of primary amides is 1. The van der Waals surface area contributed by atoms with Crippen LogP contribution in [0.5, 0.6) is 0 Å². The molecule has 0 radical (unpaired) electrons. The number of nitrogens with two attached hydrogens (primary N) is 1. The van der Waals surface area contributed by atoms with Crippen LogP contribution in [0.4, 0.5) is 10.5 Å². The highest BCUT2D eigenvalue weighted by Crippen LogP contribution is 2.25. The van der Waals surface area contributed by atoms with E-state index in [4.69, 9.17) is 10.7 Å². The molecule has 0 unspecified atom stereocenters. The van der Waals surface area contributed by atoms with Crippen LogP contribution in [0.15, 0.2) is 59.6 Å². The molecule has 134 valence electrons. The molecule has 7 heteroatoms. The van der Waals surface area contributed by atoms with E-state index in [2.05, 4.69) is 5.32 Å². The Kier molecular flexibility index (Phi) is 5.58. The first-order valence-corrected chi connectivity index (χ1v) is 9.27. The van der Waals surface area contributed by atoms with E-state index in [9.17, 15) is 9.59 Å². The third kappa shape index (κ3) is 4.23. The number of nitrogens with one attached hydrogen (secondary N) is 1. The van der Waals surface area contributed by atoms with Crippen molar-refractivity contribution in [3.8, 4) is 0 Å². The van der Waals surface area contributed by atoms with E-state index in [0.29, 0.717) is 17.8 Å². The topological polar surface area (TPSA) is 87.8 Å². The van der Waals surface area contributed by atoms with Gasteiger partial charge in [0.1, 0.15) is 0 Å². The summed E-state index contributed by atoms with van der Waals surface area (Å²) in [5, 5.41) is 3.22. The van der Waals surface area contributed by atoms with Crippen molar-refractivity contribution in [2.75, 3.05) is 17.6 Å².